The van der Waals surface area contributed by atoms with E-state index in [2.05, 4.69) is 29.6 Å². The molecule has 0 aliphatic heterocycles. The van der Waals surface area contributed by atoms with Gasteiger partial charge in [0.25, 0.3) is 0 Å². The minimum absolute atomic E-state index is 0.0294. The van der Waals surface area contributed by atoms with Crippen molar-refractivity contribution in [3.8, 4) is 11.1 Å². The summed E-state index contributed by atoms with van der Waals surface area (Å²) in [5.74, 6) is -0.989. The zero-order chi connectivity index (χ0) is 19.4. The highest BCUT2D eigenvalue weighted by atomic mass is 16.5. The summed E-state index contributed by atoms with van der Waals surface area (Å²) in [5, 5.41) is 12.3. The molecular formula is C23H23NO4. The number of carbonyl (C=O) groups is 2. The minimum atomic E-state index is -1.16. The van der Waals surface area contributed by atoms with Crippen molar-refractivity contribution in [1.29, 1.82) is 0 Å². The molecule has 3 aliphatic rings. The van der Waals surface area contributed by atoms with Gasteiger partial charge in [-0.05, 0) is 53.4 Å². The summed E-state index contributed by atoms with van der Waals surface area (Å²) in [7, 11) is 0. The van der Waals surface area contributed by atoms with Crippen LogP contribution in [0.5, 0.6) is 0 Å². The van der Waals surface area contributed by atoms with E-state index in [0.29, 0.717) is 12.8 Å². The predicted octanol–water partition coefficient (Wildman–Crippen LogP) is 4.31. The van der Waals surface area contributed by atoms with Crippen molar-refractivity contribution in [2.45, 2.75) is 43.6 Å². The lowest BCUT2D eigenvalue weighted by Crippen LogP contribution is -2.68. The molecule has 0 aromatic heterocycles. The van der Waals surface area contributed by atoms with Crippen molar-refractivity contribution in [3.05, 3.63) is 59.7 Å². The van der Waals surface area contributed by atoms with Gasteiger partial charge in [-0.25, -0.2) is 9.59 Å². The molecule has 5 heteroatoms. The third-order valence-electron chi connectivity index (χ3n) is 6.86. The van der Waals surface area contributed by atoms with Gasteiger partial charge in [0.15, 0.2) is 0 Å². The summed E-state index contributed by atoms with van der Waals surface area (Å²) in [6.07, 6.45) is 3.67. The maximum absolute atomic E-state index is 12.5. The van der Waals surface area contributed by atoms with Crippen molar-refractivity contribution < 1.29 is 19.4 Å². The number of hydrogen-bond donors (Lipinski definition) is 2. The number of hydrogen-bond acceptors (Lipinski definition) is 3. The number of amides is 1. The molecular weight excluding hydrogens is 354 g/mol. The molecule has 28 heavy (non-hydrogen) atoms. The van der Waals surface area contributed by atoms with Crippen molar-refractivity contribution in [2.75, 3.05) is 6.61 Å². The number of carbonyl (C=O) groups excluding carboxylic acids is 1. The van der Waals surface area contributed by atoms with Gasteiger partial charge in [0.05, 0.1) is 0 Å². The van der Waals surface area contributed by atoms with E-state index in [1.54, 1.807) is 0 Å². The maximum atomic E-state index is 12.5. The van der Waals surface area contributed by atoms with Gasteiger partial charge >= 0.3 is 12.1 Å². The Kier molecular flexibility index (Phi) is 3.76. The number of nitrogens with one attached hydrogen (secondary N) is 1. The van der Waals surface area contributed by atoms with Gasteiger partial charge < -0.3 is 15.2 Å². The van der Waals surface area contributed by atoms with Crippen LogP contribution in [0.1, 0.15) is 49.1 Å². The van der Waals surface area contributed by atoms with E-state index in [0.717, 1.165) is 30.4 Å². The number of benzene rings is 2. The average molecular weight is 377 g/mol. The third-order valence-corrected chi connectivity index (χ3v) is 6.86. The van der Waals surface area contributed by atoms with Crippen molar-refractivity contribution in [3.63, 3.8) is 0 Å². The fraction of sp³-hybridized carbons (Fsp3) is 0.391. The second-order valence-electron chi connectivity index (χ2n) is 8.54. The van der Waals surface area contributed by atoms with E-state index in [9.17, 15) is 14.7 Å². The highest BCUT2D eigenvalue weighted by Crippen LogP contribution is 2.60. The first-order chi connectivity index (χ1) is 13.5. The fourth-order valence-corrected chi connectivity index (χ4v) is 5.38. The maximum Gasteiger partial charge on any atom is 0.408 e. The summed E-state index contributed by atoms with van der Waals surface area (Å²) in [6.45, 7) is 0.195. The first-order valence-electron chi connectivity index (χ1n) is 9.89. The highest BCUT2D eigenvalue weighted by Gasteiger charge is 2.62. The van der Waals surface area contributed by atoms with Crippen molar-refractivity contribution in [1.82, 2.24) is 5.32 Å². The number of aliphatic carboxylic acids is 1. The van der Waals surface area contributed by atoms with Gasteiger partial charge in [-0.1, -0.05) is 55.0 Å². The number of rotatable bonds is 4. The Bertz CT molecular complexity index is 909. The molecule has 2 N–H and O–H groups in total. The van der Waals surface area contributed by atoms with Crippen molar-refractivity contribution in [2.24, 2.45) is 5.41 Å². The molecule has 0 radical (unpaired) electrons. The average Bonchev–Trinajstić information content (AvgIpc) is 2.95. The van der Waals surface area contributed by atoms with Crippen LogP contribution in [0, 0.1) is 5.41 Å². The van der Waals surface area contributed by atoms with E-state index in [4.69, 9.17) is 4.74 Å². The lowest BCUT2D eigenvalue weighted by atomic mass is 9.48. The normalized spacial score (nSPS) is 20.4. The summed E-state index contributed by atoms with van der Waals surface area (Å²) in [4.78, 5) is 24.2. The molecule has 2 aromatic rings. The molecule has 0 atom stereocenters. The van der Waals surface area contributed by atoms with Crippen molar-refractivity contribution >= 4 is 12.1 Å². The smallest absolute Gasteiger partial charge is 0.408 e. The number of fused-ring (bicyclic) bond motifs is 3. The lowest BCUT2D eigenvalue weighted by Gasteiger charge is -2.58. The van der Waals surface area contributed by atoms with Crippen LogP contribution in [0.2, 0.25) is 0 Å². The van der Waals surface area contributed by atoms with Gasteiger partial charge in [0, 0.05) is 5.92 Å². The molecule has 0 heterocycles. The second-order valence-corrected chi connectivity index (χ2v) is 8.54. The van der Waals surface area contributed by atoms with Crippen LogP contribution in [0.25, 0.3) is 11.1 Å². The van der Waals surface area contributed by atoms with Gasteiger partial charge in [-0.3, -0.25) is 0 Å². The standard InChI is InChI=1S/C23H23NO4/c25-20(26)23(13-22(14-23)10-5-11-22)24-21(27)28-12-19-17-8-3-1-6-15(17)16-7-2-4-9-18(16)19/h1-4,6-9,19H,5,10-14H2,(H,24,27)(H,25,26). The molecule has 0 bridgehead atoms. The molecule has 3 aliphatic carbocycles. The molecule has 5 nitrogen and oxygen atoms in total. The molecule has 1 spiro atoms. The predicted molar refractivity (Wildman–Crippen MR) is 104 cm³/mol. The Labute approximate surface area is 163 Å². The molecule has 5 rings (SSSR count). The monoisotopic (exact) mass is 377 g/mol. The molecule has 0 unspecified atom stereocenters. The van der Waals surface area contributed by atoms with E-state index in [-0.39, 0.29) is 17.9 Å². The number of ether oxygens (including phenoxy) is 1. The second kappa shape index (κ2) is 6.09. The third kappa shape index (κ3) is 2.53. The Hall–Kier alpha value is -2.82. The first-order valence-corrected chi connectivity index (χ1v) is 9.89. The highest BCUT2D eigenvalue weighted by molar-refractivity contribution is 5.86. The van der Waals surface area contributed by atoms with Crippen LogP contribution in [0.3, 0.4) is 0 Å². The van der Waals surface area contributed by atoms with E-state index in [1.807, 2.05) is 24.3 Å². The Balaban J connectivity index is 1.29. The Morgan fingerprint density at radius 3 is 2.07 bits per heavy atom. The van der Waals surface area contributed by atoms with Crippen LogP contribution in [0.15, 0.2) is 48.5 Å². The van der Waals surface area contributed by atoms with E-state index in [1.165, 1.54) is 11.1 Å². The zero-order valence-electron chi connectivity index (χ0n) is 15.6. The summed E-state index contributed by atoms with van der Waals surface area (Å²) in [6, 6.07) is 16.3. The van der Waals surface area contributed by atoms with Crippen LogP contribution in [-0.2, 0) is 9.53 Å². The van der Waals surface area contributed by atoms with Gasteiger partial charge in [-0.15, -0.1) is 0 Å². The van der Waals surface area contributed by atoms with Gasteiger partial charge in [0.2, 0.25) is 0 Å². The summed E-state index contributed by atoms with van der Waals surface area (Å²) in [5.41, 5.74) is 3.58. The van der Waals surface area contributed by atoms with Gasteiger partial charge in [0.1, 0.15) is 12.1 Å². The molecule has 2 fully saturated rings. The largest absolute Gasteiger partial charge is 0.480 e. The summed E-state index contributed by atoms with van der Waals surface area (Å²) >= 11 is 0. The Morgan fingerprint density at radius 2 is 1.57 bits per heavy atom. The fourth-order valence-electron chi connectivity index (χ4n) is 5.38. The molecule has 0 saturated heterocycles. The minimum Gasteiger partial charge on any atom is -0.480 e. The molecule has 2 aromatic carbocycles. The van der Waals surface area contributed by atoms with Crippen LogP contribution < -0.4 is 5.32 Å². The SMILES string of the molecule is O=C(NC1(C(=O)O)CC2(CCC2)C1)OCC1c2ccccc2-c2ccccc21. The van der Waals surface area contributed by atoms with Crippen LogP contribution in [0.4, 0.5) is 4.79 Å². The quantitative estimate of drug-likeness (QED) is 0.832. The lowest BCUT2D eigenvalue weighted by molar-refractivity contribution is -0.161. The van der Waals surface area contributed by atoms with E-state index >= 15 is 0 Å². The molecule has 2 saturated carbocycles. The number of carboxylic acids is 1. The number of carboxylic acid groups (broad SMARTS) is 1. The zero-order valence-corrected chi connectivity index (χ0v) is 15.6. The summed E-state index contributed by atoms with van der Waals surface area (Å²) < 4.78 is 5.53. The molecule has 144 valence electrons. The van der Waals surface area contributed by atoms with Crippen LogP contribution >= 0.6 is 0 Å². The Morgan fingerprint density at radius 1 is 1.00 bits per heavy atom. The topological polar surface area (TPSA) is 75.6 Å². The van der Waals surface area contributed by atoms with Gasteiger partial charge in [-0.2, -0.15) is 0 Å². The number of alkyl carbamates (subject to hydrolysis) is 1. The van der Waals surface area contributed by atoms with E-state index < -0.39 is 17.6 Å². The first kappa shape index (κ1) is 17.3. The van der Waals surface area contributed by atoms with Crippen LogP contribution in [-0.4, -0.2) is 29.3 Å². The molecule has 1 amide bonds.